The molecule has 1 unspecified atom stereocenters. The number of ether oxygens (including phenoxy) is 2. The molecule has 0 saturated heterocycles. The molecule has 232 valence electrons. The molecule has 0 bridgehead atoms. The Morgan fingerprint density at radius 2 is 1.80 bits per heavy atom. The standard InChI is InChI=1S/C36H34F3N3O3/c1-5-19-44-31(43)17-18-42-29-16-13-23-11-9-10-12-25(23)32(29)34(6-2,7-3)35(42)22-41-33-27-20-24(40-8-4)14-15-26(27)28(36(37,38)39)21-30(33)45-35/h9-16,20-22,40H,6-8,17-18H2,1-4H3. The van der Waals surface area contributed by atoms with E-state index >= 15 is 0 Å². The van der Waals surface area contributed by atoms with Gasteiger partial charge in [0.2, 0.25) is 5.72 Å². The highest BCUT2D eigenvalue weighted by Gasteiger charge is 2.63. The van der Waals surface area contributed by atoms with Crippen molar-refractivity contribution in [2.24, 2.45) is 4.99 Å². The number of fused-ring (bicyclic) bond motifs is 6. The maximum Gasteiger partial charge on any atom is 0.417 e. The molecular formula is C36H34F3N3O3. The third kappa shape index (κ3) is 4.66. The van der Waals surface area contributed by atoms with Gasteiger partial charge in [-0.05, 0) is 65.8 Å². The number of hydrogen-bond acceptors (Lipinski definition) is 6. The van der Waals surface area contributed by atoms with Crippen molar-refractivity contribution in [2.45, 2.75) is 64.3 Å². The summed E-state index contributed by atoms with van der Waals surface area (Å²) < 4.78 is 55.8. The van der Waals surface area contributed by atoms with E-state index in [9.17, 15) is 18.0 Å². The third-order valence-electron chi connectivity index (χ3n) is 9.17. The average Bonchev–Trinajstić information content (AvgIpc) is 3.26. The number of esters is 1. The summed E-state index contributed by atoms with van der Waals surface area (Å²) >= 11 is 0. The lowest BCUT2D eigenvalue weighted by Crippen LogP contribution is -2.64. The molecular weight excluding hydrogens is 579 g/mol. The van der Waals surface area contributed by atoms with Crippen LogP contribution in [0.3, 0.4) is 0 Å². The molecule has 1 spiro atoms. The fourth-order valence-corrected chi connectivity index (χ4v) is 7.20. The van der Waals surface area contributed by atoms with Crippen molar-refractivity contribution in [1.82, 2.24) is 0 Å². The zero-order valence-electron chi connectivity index (χ0n) is 25.6. The van der Waals surface area contributed by atoms with Gasteiger partial charge in [0.25, 0.3) is 0 Å². The van der Waals surface area contributed by atoms with E-state index in [1.165, 1.54) is 6.07 Å². The molecule has 4 aromatic rings. The van der Waals surface area contributed by atoms with E-state index in [1.54, 1.807) is 25.3 Å². The molecule has 0 aromatic heterocycles. The number of benzene rings is 4. The van der Waals surface area contributed by atoms with Crippen molar-refractivity contribution in [3.8, 4) is 17.8 Å². The lowest BCUT2D eigenvalue weighted by atomic mass is 9.68. The molecule has 9 heteroatoms. The second-order valence-corrected chi connectivity index (χ2v) is 11.3. The van der Waals surface area contributed by atoms with E-state index in [1.807, 2.05) is 42.2 Å². The van der Waals surface area contributed by atoms with Crippen LogP contribution in [0.2, 0.25) is 0 Å². The van der Waals surface area contributed by atoms with E-state index in [0.717, 1.165) is 28.1 Å². The number of alkyl halides is 3. The van der Waals surface area contributed by atoms with Crippen LogP contribution in [0.25, 0.3) is 21.5 Å². The van der Waals surface area contributed by atoms with Crippen molar-refractivity contribution >= 4 is 50.8 Å². The van der Waals surface area contributed by atoms with Crippen LogP contribution in [0, 0.1) is 12.0 Å². The quantitative estimate of drug-likeness (QED) is 0.167. The van der Waals surface area contributed by atoms with Gasteiger partial charge in [0, 0.05) is 36.8 Å². The summed E-state index contributed by atoms with van der Waals surface area (Å²) in [6.45, 7) is 8.39. The molecule has 1 atom stereocenters. The molecule has 6 rings (SSSR count). The third-order valence-corrected chi connectivity index (χ3v) is 9.17. The molecule has 6 nitrogen and oxygen atoms in total. The Labute approximate surface area is 260 Å². The van der Waals surface area contributed by atoms with Crippen LogP contribution in [-0.2, 0) is 21.1 Å². The van der Waals surface area contributed by atoms with Gasteiger partial charge in [0.15, 0.2) is 0 Å². The topological polar surface area (TPSA) is 63.2 Å². The predicted molar refractivity (Wildman–Crippen MR) is 172 cm³/mol. The second-order valence-electron chi connectivity index (χ2n) is 11.3. The van der Waals surface area contributed by atoms with E-state index in [0.29, 0.717) is 36.1 Å². The SMILES string of the molecule is CC#COC(=O)CCN1c2ccc3ccccc3c2C(CC)(CC)C12C=Nc1c(cc(C(F)(F)F)c3ccc(NCC)cc13)O2. The number of nitrogens with one attached hydrogen (secondary N) is 1. The van der Waals surface area contributed by atoms with Crippen LogP contribution >= 0.6 is 0 Å². The first-order chi connectivity index (χ1) is 21.6. The van der Waals surface area contributed by atoms with Crippen molar-refractivity contribution in [2.75, 3.05) is 23.3 Å². The molecule has 1 N–H and O–H groups in total. The molecule has 0 fully saturated rings. The first kappa shape index (κ1) is 30.3. The first-order valence-electron chi connectivity index (χ1n) is 15.2. The zero-order chi connectivity index (χ0) is 32.0. The molecule has 0 amide bonds. The number of anilines is 2. The predicted octanol–water partition coefficient (Wildman–Crippen LogP) is 8.73. The highest BCUT2D eigenvalue weighted by Crippen LogP contribution is 2.60. The van der Waals surface area contributed by atoms with Gasteiger partial charge in [-0.25, -0.2) is 0 Å². The maximum atomic E-state index is 14.6. The van der Waals surface area contributed by atoms with E-state index in [-0.39, 0.29) is 24.1 Å². The molecule has 2 aliphatic rings. The van der Waals surface area contributed by atoms with Crippen molar-refractivity contribution < 1.29 is 27.4 Å². The second kappa shape index (κ2) is 11.3. The van der Waals surface area contributed by atoms with Crippen LogP contribution in [0.4, 0.5) is 30.2 Å². The molecule has 2 heterocycles. The summed E-state index contributed by atoms with van der Waals surface area (Å²) in [5.74, 6) is 2.08. The Bertz CT molecular complexity index is 1900. The van der Waals surface area contributed by atoms with Gasteiger partial charge in [0.1, 0.15) is 17.5 Å². The van der Waals surface area contributed by atoms with Gasteiger partial charge >= 0.3 is 12.1 Å². The first-order valence-corrected chi connectivity index (χ1v) is 15.2. The summed E-state index contributed by atoms with van der Waals surface area (Å²) in [5.41, 5.74) is 0.0381. The van der Waals surface area contributed by atoms with E-state index < -0.39 is 28.8 Å². The number of carbonyl (C=O) groups is 1. The number of nitrogens with zero attached hydrogens (tertiary/aromatic N) is 2. The summed E-state index contributed by atoms with van der Waals surface area (Å²) in [6.07, 6.45) is 0.632. The Kier molecular flexibility index (Phi) is 7.64. The monoisotopic (exact) mass is 613 g/mol. The maximum absolute atomic E-state index is 14.6. The Morgan fingerprint density at radius 1 is 1.02 bits per heavy atom. The number of aliphatic imine (C=N–C) groups is 1. The highest BCUT2D eigenvalue weighted by molar-refractivity contribution is 6.04. The van der Waals surface area contributed by atoms with Crippen LogP contribution in [0.15, 0.2) is 65.7 Å². The van der Waals surface area contributed by atoms with Crippen LogP contribution in [0.5, 0.6) is 5.75 Å². The summed E-state index contributed by atoms with van der Waals surface area (Å²) in [5, 5.41) is 5.64. The lowest BCUT2D eigenvalue weighted by molar-refractivity contribution is -0.137. The van der Waals surface area contributed by atoms with Crippen molar-refractivity contribution in [3.05, 3.63) is 71.8 Å². The molecule has 4 aromatic carbocycles. The van der Waals surface area contributed by atoms with Crippen molar-refractivity contribution in [1.29, 1.82) is 0 Å². The Morgan fingerprint density at radius 3 is 2.51 bits per heavy atom. The number of hydrogen-bond donors (Lipinski definition) is 1. The molecule has 45 heavy (non-hydrogen) atoms. The number of rotatable bonds is 7. The van der Waals surface area contributed by atoms with Gasteiger partial charge in [-0.15, -0.1) is 0 Å². The smallest absolute Gasteiger partial charge is 0.417 e. The molecule has 0 aliphatic carbocycles. The zero-order valence-corrected chi connectivity index (χ0v) is 25.6. The minimum Gasteiger partial charge on any atom is -0.459 e. The number of halogens is 3. The summed E-state index contributed by atoms with van der Waals surface area (Å²) in [4.78, 5) is 19.6. The Balaban J connectivity index is 1.61. The lowest BCUT2D eigenvalue weighted by Gasteiger charge is -2.49. The normalized spacial score (nSPS) is 17.9. The van der Waals surface area contributed by atoms with Gasteiger partial charge in [-0.2, -0.15) is 13.2 Å². The molecule has 0 radical (unpaired) electrons. The average molecular weight is 614 g/mol. The van der Waals surface area contributed by atoms with Crippen LogP contribution in [0.1, 0.15) is 58.1 Å². The van der Waals surface area contributed by atoms with Gasteiger partial charge < -0.3 is 19.7 Å². The molecule has 2 aliphatic heterocycles. The fraction of sp³-hybridized carbons (Fsp3) is 0.333. The van der Waals surface area contributed by atoms with E-state index in [2.05, 4.69) is 37.3 Å². The highest BCUT2D eigenvalue weighted by atomic mass is 19.4. The molecule has 0 saturated carbocycles. The minimum absolute atomic E-state index is 0.0200. The van der Waals surface area contributed by atoms with Gasteiger partial charge in [-0.1, -0.05) is 56.2 Å². The Hall–Kier alpha value is -4.71. The largest absolute Gasteiger partial charge is 0.459 e. The van der Waals surface area contributed by atoms with Crippen LogP contribution < -0.4 is 15.0 Å². The van der Waals surface area contributed by atoms with Gasteiger partial charge in [0.05, 0.1) is 23.6 Å². The van der Waals surface area contributed by atoms with Crippen molar-refractivity contribution in [3.63, 3.8) is 0 Å². The summed E-state index contributed by atoms with van der Waals surface area (Å²) in [7, 11) is 0. The fourth-order valence-electron chi connectivity index (χ4n) is 7.20. The van der Waals surface area contributed by atoms with E-state index in [4.69, 9.17) is 14.5 Å². The minimum atomic E-state index is -4.63. The van der Waals surface area contributed by atoms with Gasteiger partial charge in [-0.3, -0.25) is 9.79 Å². The number of carbonyl (C=O) groups excluding carboxylic acids is 1. The summed E-state index contributed by atoms with van der Waals surface area (Å²) in [6, 6.07) is 18.0. The van der Waals surface area contributed by atoms with Crippen LogP contribution in [-0.4, -0.2) is 31.0 Å².